The molecule has 1 fully saturated rings. The highest BCUT2D eigenvalue weighted by Crippen LogP contribution is 2.23. The molecule has 1 N–H and O–H groups in total. The molecular weight excluding hydrogens is 405 g/mol. The van der Waals surface area contributed by atoms with Crippen molar-refractivity contribution in [2.45, 2.75) is 25.9 Å². The van der Waals surface area contributed by atoms with Crippen molar-refractivity contribution in [3.05, 3.63) is 101 Å². The summed E-state index contributed by atoms with van der Waals surface area (Å²) in [5, 5.41) is 3.02. The van der Waals surface area contributed by atoms with Gasteiger partial charge in [-0.25, -0.2) is 9.18 Å². The number of anilines is 1. The first-order valence-electron chi connectivity index (χ1n) is 10.8. The normalized spacial score (nSPS) is 14.9. The van der Waals surface area contributed by atoms with Crippen LogP contribution in [0.25, 0.3) is 0 Å². The Balaban J connectivity index is 1.46. The first-order valence-corrected chi connectivity index (χ1v) is 10.8. The molecule has 3 amide bonds. The van der Waals surface area contributed by atoms with Crippen molar-refractivity contribution in [1.82, 2.24) is 10.2 Å². The fraction of sp³-hybridized carbons (Fsp3) is 0.231. The largest absolute Gasteiger partial charge is 0.346 e. The van der Waals surface area contributed by atoms with Crippen LogP contribution in [0.15, 0.2) is 78.9 Å². The standard InChI is InChI=1S/C26H26FN3O2/c1-19(21-7-3-2-4-8-21)28-25(31)22-9-5-10-24(17-22)30-16-6-15-29(26(30)32)18-20-11-13-23(27)14-12-20/h2-5,7-14,17,19H,6,15-16,18H2,1H3,(H,28,31)/t19-/m1/s1. The molecule has 3 aromatic rings. The summed E-state index contributed by atoms with van der Waals surface area (Å²) in [6.45, 7) is 3.59. The molecule has 3 aromatic carbocycles. The minimum absolute atomic E-state index is 0.115. The topological polar surface area (TPSA) is 52.7 Å². The van der Waals surface area contributed by atoms with Gasteiger partial charge >= 0.3 is 6.03 Å². The summed E-state index contributed by atoms with van der Waals surface area (Å²) in [4.78, 5) is 29.4. The van der Waals surface area contributed by atoms with E-state index in [9.17, 15) is 14.0 Å². The lowest BCUT2D eigenvalue weighted by Gasteiger charge is -2.36. The van der Waals surface area contributed by atoms with Crippen molar-refractivity contribution < 1.29 is 14.0 Å². The zero-order valence-electron chi connectivity index (χ0n) is 18.0. The van der Waals surface area contributed by atoms with E-state index in [1.807, 2.05) is 43.3 Å². The lowest BCUT2D eigenvalue weighted by atomic mass is 10.1. The van der Waals surface area contributed by atoms with Gasteiger partial charge in [-0.15, -0.1) is 0 Å². The second-order valence-electron chi connectivity index (χ2n) is 7.99. The summed E-state index contributed by atoms with van der Waals surface area (Å²) in [6.07, 6.45) is 0.814. The molecular formula is C26H26FN3O2. The maximum absolute atomic E-state index is 13.2. The molecule has 1 aliphatic rings. The third-order valence-corrected chi connectivity index (χ3v) is 5.67. The smallest absolute Gasteiger partial charge is 0.324 e. The zero-order valence-corrected chi connectivity index (χ0v) is 18.0. The van der Waals surface area contributed by atoms with Gasteiger partial charge in [0.15, 0.2) is 0 Å². The van der Waals surface area contributed by atoms with Crippen LogP contribution in [0.3, 0.4) is 0 Å². The first kappa shape index (κ1) is 21.6. The quantitative estimate of drug-likeness (QED) is 0.587. The molecule has 32 heavy (non-hydrogen) atoms. The van der Waals surface area contributed by atoms with Gasteiger partial charge in [-0.1, -0.05) is 48.5 Å². The van der Waals surface area contributed by atoms with Crippen LogP contribution < -0.4 is 10.2 Å². The Hall–Kier alpha value is -3.67. The van der Waals surface area contributed by atoms with Gasteiger partial charge in [0.05, 0.1) is 6.04 Å². The van der Waals surface area contributed by atoms with Crippen LogP contribution in [0.5, 0.6) is 0 Å². The van der Waals surface area contributed by atoms with Gasteiger partial charge in [0, 0.05) is 30.9 Å². The molecule has 1 aliphatic heterocycles. The minimum Gasteiger partial charge on any atom is -0.346 e. The van der Waals surface area contributed by atoms with E-state index in [0.717, 1.165) is 17.5 Å². The maximum Gasteiger partial charge on any atom is 0.324 e. The van der Waals surface area contributed by atoms with Gasteiger partial charge in [-0.2, -0.15) is 0 Å². The first-order chi connectivity index (χ1) is 15.5. The van der Waals surface area contributed by atoms with Crippen molar-refractivity contribution in [3.63, 3.8) is 0 Å². The van der Waals surface area contributed by atoms with E-state index in [-0.39, 0.29) is 23.8 Å². The van der Waals surface area contributed by atoms with Gasteiger partial charge in [-0.3, -0.25) is 9.69 Å². The van der Waals surface area contributed by atoms with Crippen LogP contribution in [-0.4, -0.2) is 29.9 Å². The molecule has 0 aliphatic carbocycles. The monoisotopic (exact) mass is 431 g/mol. The van der Waals surface area contributed by atoms with E-state index in [1.165, 1.54) is 12.1 Å². The molecule has 1 heterocycles. The van der Waals surface area contributed by atoms with Crippen LogP contribution in [0, 0.1) is 5.82 Å². The van der Waals surface area contributed by atoms with Crippen molar-refractivity contribution in [3.8, 4) is 0 Å². The van der Waals surface area contributed by atoms with Crippen LogP contribution in [-0.2, 0) is 6.54 Å². The van der Waals surface area contributed by atoms with Gasteiger partial charge in [-0.05, 0) is 54.8 Å². The Morgan fingerprint density at radius 3 is 2.50 bits per heavy atom. The number of carbonyl (C=O) groups is 2. The Kier molecular flexibility index (Phi) is 6.50. The summed E-state index contributed by atoms with van der Waals surface area (Å²) in [6, 6.07) is 22.9. The molecule has 0 bridgehead atoms. The number of hydrogen-bond donors (Lipinski definition) is 1. The highest BCUT2D eigenvalue weighted by molar-refractivity contribution is 5.98. The SMILES string of the molecule is C[C@@H](NC(=O)c1cccc(N2CCCN(Cc3ccc(F)cc3)C2=O)c1)c1ccccc1. The zero-order chi connectivity index (χ0) is 22.5. The molecule has 5 nitrogen and oxygen atoms in total. The van der Waals surface area contributed by atoms with Gasteiger partial charge in [0.2, 0.25) is 0 Å². The molecule has 0 aromatic heterocycles. The number of benzene rings is 3. The highest BCUT2D eigenvalue weighted by atomic mass is 19.1. The molecule has 0 radical (unpaired) electrons. The highest BCUT2D eigenvalue weighted by Gasteiger charge is 2.27. The second-order valence-corrected chi connectivity index (χ2v) is 7.99. The predicted octanol–water partition coefficient (Wildman–Crippen LogP) is 5.15. The number of halogens is 1. The van der Waals surface area contributed by atoms with E-state index in [2.05, 4.69) is 5.32 Å². The Morgan fingerprint density at radius 1 is 1.00 bits per heavy atom. The van der Waals surface area contributed by atoms with E-state index < -0.39 is 0 Å². The van der Waals surface area contributed by atoms with E-state index in [4.69, 9.17) is 0 Å². The molecule has 1 saturated heterocycles. The molecule has 0 spiro atoms. The Bertz CT molecular complexity index is 1090. The van der Waals surface area contributed by atoms with Crippen molar-refractivity contribution in [2.24, 2.45) is 0 Å². The minimum atomic E-state index is -0.294. The maximum atomic E-state index is 13.2. The predicted molar refractivity (Wildman–Crippen MR) is 123 cm³/mol. The van der Waals surface area contributed by atoms with Gasteiger partial charge in [0.1, 0.15) is 5.82 Å². The number of urea groups is 1. The number of nitrogens with one attached hydrogen (secondary N) is 1. The van der Waals surface area contributed by atoms with E-state index in [0.29, 0.717) is 30.9 Å². The third kappa shape index (κ3) is 4.97. The van der Waals surface area contributed by atoms with E-state index >= 15 is 0 Å². The van der Waals surface area contributed by atoms with Crippen LogP contribution in [0.2, 0.25) is 0 Å². The van der Waals surface area contributed by atoms with Crippen LogP contribution in [0.4, 0.5) is 14.9 Å². The van der Waals surface area contributed by atoms with Gasteiger partial charge in [0.25, 0.3) is 5.91 Å². The molecule has 0 unspecified atom stereocenters. The summed E-state index contributed by atoms with van der Waals surface area (Å²) >= 11 is 0. The fourth-order valence-electron chi connectivity index (χ4n) is 3.90. The number of hydrogen-bond acceptors (Lipinski definition) is 2. The number of amides is 3. The number of nitrogens with zero attached hydrogens (tertiary/aromatic N) is 2. The molecule has 6 heteroatoms. The average Bonchev–Trinajstić information content (AvgIpc) is 2.82. The lowest BCUT2D eigenvalue weighted by molar-refractivity contribution is 0.0940. The third-order valence-electron chi connectivity index (χ3n) is 5.67. The van der Waals surface area contributed by atoms with E-state index in [1.54, 1.807) is 40.1 Å². The Labute approximate surface area is 187 Å². The van der Waals surface area contributed by atoms with Crippen LogP contribution >= 0.6 is 0 Å². The summed E-state index contributed by atoms with van der Waals surface area (Å²) in [5.74, 6) is -0.479. The molecule has 0 saturated carbocycles. The fourth-order valence-corrected chi connectivity index (χ4v) is 3.90. The second kappa shape index (κ2) is 9.64. The lowest BCUT2D eigenvalue weighted by Crippen LogP contribution is -2.49. The van der Waals surface area contributed by atoms with Crippen molar-refractivity contribution >= 4 is 17.6 Å². The van der Waals surface area contributed by atoms with Crippen molar-refractivity contribution in [1.29, 1.82) is 0 Å². The summed E-state index contributed by atoms with van der Waals surface area (Å²) in [7, 11) is 0. The number of carbonyl (C=O) groups excluding carboxylic acids is 2. The Morgan fingerprint density at radius 2 is 1.75 bits per heavy atom. The van der Waals surface area contributed by atoms with Crippen molar-refractivity contribution in [2.75, 3.05) is 18.0 Å². The number of rotatable bonds is 6. The van der Waals surface area contributed by atoms with Crippen LogP contribution in [0.1, 0.15) is 40.9 Å². The van der Waals surface area contributed by atoms with Gasteiger partial charge < -0.3 is 10.2 Å². The molecule has 164 valence electrons. The molecule has 4 rings (SSSR count). The molecule has 1 atom stereocenters. The summed E-state index contributed by atoms with van der Waals surface area (Å²) < 4.78 is 13.2. The summed E-state index contributed by atoms with van der Waals surface area (Å²) in [5.41, 5.74) is 3.11. The average molecular weight is 432 g/mol.